The molecule has 6 nitrogen and oxygen atoms in total. The van der Waals surface area contributed by atoms with Crippen LogP contribution < -0.4 is 20.2 Å². The van der Waals surface area contributed by atoms with Crippen LogP contribution >= 0.6 is 0 Å². The topological polar surface area (TPSA) is 77.8 Å². The number of amides is 1. The van der Waals surface area contributed by atoms with Crippen molar-refractivity contribution in [2.24, 2.45) is 0 Å². The lowest BCUT2D eigenvalue weighted by Gasteiger charge is -2.15. The molecule has 1 amide bonds. The van der Waals surface area contributed by atoms with Gasteiger partial charge in [0.1, 0.15) is 11.3 Å². The lowest BCUT2D eigenvalue weighted by Crippen LogP contribution is -2.36. The Bertz CT molecular complexity index is 1120. The molecule has 0 saturated carbocycles. The number of rotatable bonds is 7. The van der Waals surface area contributed by atoms with Crippen LogP contribution in [-0.4, -0.2) is 25.7 Å². The van der Waals surface area contributed by atoms with Crippen LogP contribution in [0, 0.1) is 13.8 Å². The minimum absolute atomic E-state index is 0.0268. The van der Waals surface area contributed by atoms with Crippen molar-refractivity contribution in [1.82, 2.24) is 5.32 Å². The molecular formula is C24H27NO5. The fourth-order valence-electron chi connectivity index (χ4n) is 3.29. The summed E-state index contributed by atoms with van der Waals surface area (Å²) < 4.78 is 17.1. The number of ether oxygens (including phenoxy) is 2. The van der Waals surface area contributed by atoms with Gasteiger partial charge in [0.15, 0.2) is 12.4 Å². The van der Waals surface area contributed by atoms with Crippen molar-refractivity contribution in [3.8, 4) is 22.8 Å². The number of fused-ring (bicyclic) bond motifs is 1. The first-order chi connectivity index (χ1) is 14.3. The van der Waals surface area contributed by atoms with Crippen LogP contribution in [0.25, 0.3) is 22.3 Å². The van der Waals surface area contributed by atoms with Crippen molar-refractivity contribution in [1.29, 1.82) is 0 Å². The molecule has 0 saturated heterocycles. The average Bonchev–Trinajstić information content (AvgIpc) is 2.72. The molecule has 0 spiro atoms. The van der Waals surface area contributed by atoms with Gasteiger partial charge in [0.2, 0.25) is 11.2 Å². The quantitative estimate of drug-likeness (QED) is 0.627. The molecule has 0 unspecified atom stereocenters. The van der Waals surface area contributed by atoms with Gasteiger partial charge in [0.05, 0.1) is 12.5 Å². The van der Waals surface area contributed by atoms with Crippen LogP contribution in [0.2, 0.25) is 0 Å². The van der Waals surface area contributed by atoms with Gasteiger partial charge in [0, 0.05) is 11.6 Å². The van der Waals surface area contributed by atoms with Gasteiger partial charge in [-0.2, -0.15) is 0 Å². The van der Waals surface area contributed by atoms with Crippen LogP contribution in [0.5, 0.6) is 11.5 Å². The molecule has 6 heteroatoms. The van der Waals surface area contributed by atoms with Crippen LogP contribution in [0.3, 0.4) is 0 Å². The monoisotopic (exact) mass is 409 g/mol. The summed E-state index contributed by atoms with van der Waals surface area (Å²) in [6.07, 6.45) is 0.805. The Kier molecular flexibility index (Phi) is 6.45. The summed E-state index contributed by atoms with van der Waals surface area (Å²) in [6.45, 7) is 7.43. The van der Waals surface area contributed by atoms with E-state index in [2.05, 4.69) is 5.32 Å². The zero-order valence-electron chi connectivity index (χ0n) is 18.0. The van der Waals surface area contributed by atoms with Gasteiger partial charge < -0.3 is 19.2 Å². The Hall–Kier alpha value is -3.28. The van der Waals surface area contributed by atoms with Crippen molar-refractivity contribution in [2.75, 3.05) is 13.7 Å². The highest BCUT2D eigenvalue weighted by Crippen LogP contribution is 2.33. The van der Waals surface area contributed by atoms with Crippen LogP contribution in [0.1, 0.15) is 31.4 Å². The van der Waals surface area contributed by atoms with E-state index >= 15 is 0 Å². The zero-order valence-corrected chi connectivity index (χ0v) is 18.0. The third-order valence-electron chi connectivity index (χ3n) is 5.01. The highest BCUT2D eigenvalue weighted by Gasteiger charge is 2.20. The summed E-state index contributed by atoms with van der Waals surface area (Å²) in [6, 6.07) is 10.9. The average molecular weight is 409 g/mol. The number of carbonyl (C=O) groups is 1. The molecule has 0 radical (unpaired) electrons. The van der Waals surface area contributed by atoms with Gasteiger partial charge in [-0.25, -0.2) is 0 Å². The van der Waals surface area contributed by atoms with Crippen LogP contribution in [-0.2, 0) is 4.79 Å². The van der Waals surface area contributed by atoms with E-state index in [4.69, 9.17) is 13.9 Å². The van der Waals surface area contributed by atoms with Crippen molar-refractivity contribution in [2.45, 2.75) is 40.2 Å². The number of hydrogen-bond acceptors (Lipinski definition) is 5. The minimum Gasteiger partial charge on any atom is -0.497 e. The molecule has 30 heavy (non-hydrogen) atoms. The molecule has 2 aromatic carbocycles. The molecule has 1 N–H and O–H groups in total. The van der Waals surface area contributed by atoms with Gasteiger partial charge in [-0.15, -0.1) is 0 Å². The molecule has 3 aromatic rings. The SMILES string of the molecule is CC[C@H](C)NC(=O)COc1c(-c2ccc(OC)cc2)oc2cc(C)cc(C)c2c1=O. The maximum atomic E-state index is 13.3. The summed E-state index contributed by atoms with van der Waals surface area (Å²) in [5, 5.41) is 3.29. The van der Waals surface area contributed by atoms with Crippen LogP contribution in [0.4, 0.5) is 0 Å². The molecule has 0 aliphatic carbocycles. The fourth-order valence-corrected chi connectivity index (χ4v) is 3.29. The highest BCUT2D eigenvalue weighted by molar-refractivity contribution is 5.86. The normalized spacial score (nSPS) is 11.9. The van der Waals surface area contributed by atoms with E-state index in [1.807, 2.05) is 39.8 Å². The summed E-state index contributed by atoms with van der Waals surface area (Å²) in [5.41, 5.74) is 2.64. The van der Waals surface area contributed by atoms with Crippen molar-refractivity contribution >= 4 is 16.9 Å². The zero-order chi connectivity index (χ0) is 21.8. The first-order valence-corrected chi connectivity index (χ1v) is 9.98. The van der Waals surface area contributed by atoms with E-state index in [1.54, 1.807) is 31.4 Å². The second-order valence-electron chi connectivity index (χ2n) is 7.44. The predicted octanol–water partition coefficient (Wildman–Crippen LogP) is 4.38. The molecule has 3 rings (SSSR count). The van der Waals surface area contributed by atoms with E-state index < -0.39 is 0 Å². The number of nitrogens with one attached hydrogen (secondary N) is 1. The first-order valence-electron chi connectivity index (χ1n) is 9.98. The molecule has 158 valence electrons. The van der Waals surface area contributed by atoms with E-state index in [-0.39, 0.29) is 35.5 Å². The highest BCUT2D eigenvalue weighted by atomic mass is 16.5. The molecule has 1 atom stereocenters. The van der Waals surface area contributed by atoms with Crippen LogP contribution in [0.15, 0.2) is 45.6 Å². The van der Waals surface area contributed by atoms with E-state index in [0.717, 1.165) is 17.5 Å². The standard InChI is InChI=1S/C24H27NO5/c1-6-16(4)25-20(26)13-29-24-22(27)21-15(3)11-14(2)12-19(21)30-23(24)17-7-9-18(28-5)10-8-17/h7-12,16H,6,13H2,1-5H3,(H,25,26)/t16-/m0/s1. The number of methoxy groups -OCH3 is 1. The van der Waals surface area contributed by atoms with Gasteiger partial charge in [0.25, 0.3) is 5.91 Å². The maximum Gasteiger partial charge on any atom is 0.258 e. The number of benzene rings is 2. The van der Waals surface area contributed by atoms with E-state index in [1.165, 1.54) is 0 Å². The summed E-state index contributed by atoms with van der Waals surface area (Å²) in [7, 11) is 1.58. The Morgan fingerprint density at radius 3 is 2.50 bits per heavy atom. The summed E-state index contributed by atoms with van der Waals surface area (Å²) >= 11 is 0. The number of carbonyl (C=O) groups excluding carboxylic acids is 1. The maximum absolute atomic E-state index is 13.3. The van der Waals surface area contributed by atoms with Gasteiger partial charge >= 0.3 is 0 Å². The molecule has 1 aromatic heterocycles. The Labute approximate surface area is 175 Å². The minimum atomic E-state index is -0.295. The van der Waals surface area contributed by atoms with Gasteiger partial charge in [-0.1, -0.05) is 13.0 Å². The Balaban J connectivity index is 2.10. The number of hydrogen-bond donors (Lipinski definition) is 1. The molecular weight excluding hydrogens is 382 g/mol. The largest absolute Gasteiger partial charge is 0.497 e. The fraction of sp³-hybridized carbons (Fsp3) is 0.333. The molecule has 0 bridgehead atoms. The molecule has 0 aliphatic rings. The molecule has 0 aliphatic heterocycles. The van der Waals surface area contributed by atoms with Crippen molar-refractivity contribution < 1.29 is 18.7 Å². The third kappa shape index (κ3) is 4.48. The predicted molar refractivity (Wildman–Crippen MR) is 117 cm³/mol. The van der Waals surface area contributed by atoms with Crippen molar-refractivity contribution in [3.63, 3.8) is 0 Å². The van der Waals surface area contributed by atoms with Gasteiger partial charge in [-0.3, -0.25) is 9.59 Å². The summed E-state index contributed by atoms with van der Waals surface area (Å²) in [5.74, 6) is 0.713. The molecule has 1 heterocycles. The van der Waals surface area contributed by atoms with Gasteiger partial charge in [-0.05, 0) is 68.7 Å². The first kappa shape index (κ1) is 21.4. The number of aryl methyl sites for hydroxylation is 2. The second-order valence-corrected chi connectivity index (χ2v) is 7.44. The molecule has 0 fully saturated rings. The second kappa shape index (κ2) is 9.03. The Morgan fingerprint density at radius 2 is 1.87 bits per heavy atom. The van der Waals surface area contributed by atoms with Crippen molar-refractivity contribution in [3.05, 3.63) is 57.7 Å². The lowest BCUT2D eigenvalue weighted by molar-refractivity contribution is -0.123. The summed E-state index contributed by atoms with van der Waals surface area (Å²) in [4.78, 5) is 25.5. The smallest absolute Gasteiger partial charge is 0.258 e. The third-order valence-corrected chi connectivity index (χ3v) is 5.01. The Morgan fingerprint density at radius 1 is 1.17 bits per heavy atom. The lowest BCUT2D eigenvalue weighted by atomic mass is 10.0. The van der Waals surface area contributed by atoms with E-state index in [0.29, 0.717) is 22.3 Å². The van der Waals surface area contributed by atoms with E-state index in [9.17, 15) is 9.59 Å².